The molecule has 36 heavy (non-hydrogen) atoms. The summed E-state index contributed by atoms with van der Waals surface area (Å²) in [6.45, 7) is 13.3. The smallest absolute Gasteiger partial charge is 0.198 e. The molecular formula is C30H48O6. The molecule has 14 atom stereocenters. The predicted octanol–water partition coefficient (Wildman–Crippen LogP) is 3.63. The number of ether oxygens (including phenoxy) is 2. The van der Waals surface area contributed by atoms with Gasteiger partial charge in [0.05, 0.1) is 24.9 Å². The Morgan fingerprint density at radius 2 is 1.50 bits per heavy atom. The Balaban J connectivity index is 1.27. The molecule has 2 saturated heterocycles. The maximum Gasteiger partial charge on any atom is 0.198 e. The van der Waals surface area contributed by atoms with Gasteiger partial charge in [-0.25, -0.2) is 0 Å². The second kappa shape index (κ2) is 6.72. The van der Waals surface area contributed by atoms with Crippen LogP contribution in [-0.2, 0) is 9.47 Å². The molecule has 2 aliphatic heterocycles. The van der Waals surface area contributed by atoms with Gasteiger partial charge in [0.25, 0.3) is 0 Å². The Kier molecular flexibility index (Phi) is 4.63. The lowest BCUT2D eigenvalue weighted by Gasteiger charge is -2.64. The molecule has 6 nitrogen and oxygen atoms in total. The summed E-state index contributed by atoms with van der Waals surface area (Å²) in [7, 11) is 0. The van der Waals surface area contributed by atoms with Crippen molar-refractivity contribution < 1.29 is 29.9 Å². The number of rotatable bonds is 0. The van der Waals surface area contributed by atoms with E-state index in [4.69, 9.17) is 9.47 Å². The van der Waals surface area contributed by atoms with E-state index < -0.39 is 17.5 Å². The van der Waals surface area contributed by atoms with Crippen LogP contribution in [-0.4, -0.2) is 62.8 Å². The van der Waals surface area contributed by atoms with Crippen molar-refractivity contribution in [2.75, 3.05) is 6.61 Å². The maximum absolute atomic E-state index is 12.1. The number of aliphatic hydroxyl groups is 4. The van der Waals surface area contributed by atoms with E-state index in [0.717, 1.165) is 32.1 Å². The molecule has 0 unspecified atom stereocenters. The Morgan fingerprint density at radius 1 is 0.806 bits per heavy atom. The SMILES string of the molecule is C[C@@H]1C[C@]2(OC[C@](C)(O)[C@H]2O)O[C@H]2C[C@@]3(C)[C@@H]4CC[C@H]5C(C)(C)[C@@H](O)CC[C@@]56C[C@@]46C[C@@H](O)[C@]3(C)[C@@H]12. The van der Waals surface area contributed by atoms with Crippen molar-refractivity contribution in [1.29, 1.82) is 0 Å². The summed E-state index contributed by atoms with van der Waals surface area (Å²) in [5.74, 6) is 0.302. The number of hydrogen-bond acceptors (Lipinski definition) is 6. The third kappa shape index (κ3) is 2.44. The van der Waals surface area contributed by atoms with Crippen molar-refractivity contribution in [2.24, 2.45) is 50.7 Å². The molecule has 0 amide bonds. The highest BCUT2D eigenvalue weighted by atomic mass is 16.7. The monoisotopic (exact) mass is 504 g/mol. The lowest BCUT2D eigenvalue weighted by molar-refractivity contribution is -0.315. The van der Waals surface area contributed by atoms with Gasteiger partial charge in [-0.15, -0.1) is 0 Å². The summed E-state index contributed by atoms with van der Waals surface area (Å²) in [4.78, 5) is 0. The first-order chi connectivity index (χ1) is 16.6. The largest absolute Gasteiger partial charge is 0.393 e. The van der Waals surface area contributed by atoms with E-state index in [2.05, 4.69) is 34.6 Å². The summed E-state index contributed by atoms with van der Waals surface area (Å²) in [6, 6.07) is 0. The van der Waals surface area contributed by atoms with Crippen molar-refractivity contribution in [2.45, 2.75) is 129 Å². The van der Waals surface area contributed by atoms with Crippen LogP contribution >= 0.6 is 0 Å². The fourth-order valence-electron chi connectivity index (χ4n) is 12.6. The van der Waals surface area contributed by atoms with Crippen LogP contribution in [0.5, 0.6) is 0 Å². The number of hydrogen-bond donors (Lipinski definition) is 4. The normalized spacial score (nSPS) is 66.8. The third-order valence-electron chi connectivity index (χ3n) is 14.3. The van der Waals surface area contributed by atoms with Gasteiger partial charge in [-0.05, 0) is 97.2 Å². The van der Waals surface area contributed by atoms with Gasteiger partial charge in [-0.2, -0.15) is 0 Å². The van der Waals surface area contributed by atoms with Crippen LogP contribution in [0.1, 0.15) is 92.9 Å². The quantitative estimate of drug-likeness (QED) is 0.402. The highest BCUT2D eigenvalue weighted by Gasteiger charge is 2.85. The molecule has 4 N–H and O–H groups in total. The predicted molar refractivity (Wildman–Crippen MR) is 134 cm³/mol. The molecule has 0 aromatic rings. The first-order valence-corrected chi connectivity index (χ1v) is 14.7. The van der Waals surface area contributed by atoms with E-state index in [1.54, 1.807) is 6.92 Å². The zero-order valence-electron chi connectivity index (χ0n) is 23.1. The van der Waals surface area contributed by atoms with Gasteiger partial charge in [0, 0.05) is 11.8 Å². The van der Waals surface area contributed by atoms with Gasteiger partial charge in [0.1, 0.15) is 11.7 Å². The Hall–Kier alpha value is -0.240. The van der Waals surface area contributed by atoms with Gasteiger partial charge in [0.2, 0.25) is 0 Å². The summed E-state index contributed by atoms with van der Waals surface area (Å²) in [5, 5.41) is 44.8. The molecule has 3 spiro atoms. The van der Waals surface area contributed by atoms with Crippen LogP contribution in [0.15, 0.2) is 0 Å². The van der Waals surface area contributed by atoms with E-state index in [9.17, 15) is 20.4 Å². The standard InChI is InChI=1S/C30H48O6/c1-16-11-30(23(33)26(5,34)15-35-30)36-17-12-25(4)19-8-7-18-24(2,3)20(31)9-10-28(18)14-29(19,28)13-21(32)27(25,6)22(16)17/h16-23,31-34H,7-15H2,1-6H3/t16-,17+,18+,19+,20+,21-,22+,23-,25+,26+,27-,28-,29+,30+/m1/s1. The molecule has 204 valence electrons. The van der Waals surface area contributed by atoms with Crippen LogP contribution in [0.2, 0.25) is 0 Å². The molecule has 2 heterocycles. The molecule has 0 radical (unpaired) electrons. The van der Waals surface area contributed by atoms with Crippen LogP contribution in [0, 0.1) is 50.7 Å². The van der Waals surface area contributed by atoms with Crippen LogP contribution in [0.4, 0.5) is 0 Å². The topological polar surface area (TPSA) is 99.4 Å². The van der Waals surface area contributed by atoms with Crippen molar-refractivity contribution in [3.63, 3.8) is 0 Å². The summed E-state index contributed by atoms with van der Waals surface area (Å²) in [5.41, 5.74) is -1.29. The Morgan fingerprint density at radius 3 is 2.17 bits per heavy atom. The second-order valence-electron chi connectivity index (χ2n) is 15.9. The molecule has 5 aliphatic carbocycles. The summed E-state index contributed by atoms with van der Waals surface area (Å²) >= 11 is 0. The molecule has 7 rings (SSSR count). The zero-order valence-corrected chi connectivity index (χ0v) is 23.1. The summed E-state index contributed by atoms with van der Waals surface area (Å²) < 4.78 is 12.8. The average Bonchev–Trinajstić information content (AvgIpc) is 3.30. The van der Waals surface area contributed by atoms with Gasteiger partial charge in [-0.3, -0.25) is 0 Å². The molecule has 0 bridgehead atoms. The van der Waals surface area contributed by atoms with Crippen LogP contribution < -0.4 is 0 Å². The minimum Gasteiger partial charge on any atom is -0.393 e. The fourth-order valence-corrected chi connectivity index (χ4v) is 12.6. The molecule has 0 aromatic carbocycles. The molecule has 5 saturated carbocycles. The van der Waals surface area contributed by atoms with E-state index in [1.807, 2.05) is 0 Å². The fraction of sp³-hybridized carbons (Fsp3) is 1.00. The molecule has 0 aromatic heterocycles. The van der Waals surface area contributed by atoms with Crippen molar-refractivity contribution in [3.05, 3.63) is 0 Å². The Labute approximate surface area is 216 Å². The molecule has 7 aliphatic rings. The lowest BCUT2D eigenvalue weighted by Crippen LogP contribution is -2.63. The highest BCUT2D eigenvalue weighted by Crippen LogP contribution is 2.89. The van der Waals surface area contributed by atoms with Crippen molar-refractivity contribution >= 4 is 0 Å². The van der Waals surface area contributed by atoms with Gasteiger partial charge < -0.3 is 29.9 Å². The maximum atomic E-state index is 12.1. The first-order valence-electron chi connectivity index (χ1n) is 14.7. The average molecular weight is 505 g/mol. The first kappa shape index (κ1) is 24.8. The van der Waals surface area contributed by atoms with E-state index in [1.165, 1.54) is 12.8 Å². The number of aliphatic hydroxyl groups excluding tert-OH is 3. The van der Waals surface area contributed by atoms with Gasteiger partial charge in [-0.1, -0.05) is 34.6 Å². The van der Waals surface area contributed by atoms with E-state index >= 15 is 0 Å². The van der Waals surface area contributed by atoms with Gasteiger partial charge in [0.15, 0.2) is 5.79 Å². The second-order valence-corrected chi connectivity index (χ2v) is 15.9. The van der Waals surface area contributed by atoms with Crippen molar-refractivity contribution in [1.82, 2.24) is 0 Å². The molecule has 7 fully saturated rings. The zero-order chi connectivity index (χ0) is 25.9. The Bertz CT molecular complexity index is 980. The van der Waals surface area contributed by atoms with Crippen molar-refractivity contribution in [3.8, 4) is 0 Å². The summed E-state index contributed by atoms with van der Waals surface area (Å²) in [6.07, 6.45) is 5.99. The minimum absolute atomic E-state index is 0.0689. The molecular weight excluding hydrogens is 456 g/mol. The van der Waals surface area contributed by atoms with Gasteiger partial charge >= 0.3 is 0 Å². The third-order valence-corrected chi connectivity index (χ3v) is 14.3. The number of fused-ring (bicyclic) bond motifs is 4. The van der Waals surface area contributed by atoms with Crippen LogP contribution in [0.25, 0.3) is 0 Å². The van der Waals surface area contributed by atoms with E-state index in [0.29, 0.717) is 18.3 Å². The lowest BCUT2D eigenvalue weighted by atomic mass is 9.41. The van der Waals surface area contributed by atoms with Crippen LogP contribution in [0.3, 0.4) is 0 Å². The molecule has 6 heteroatoms. The van der Waals surface area contributed by atoms with E-state index in [-0.39, 0.29) is 63.8 Å². The minimum atomic E-state index is -1.31. The highest BCUT2D eigenvalue weighted by molar-refractivity contribution is 5.33.